The van der Waals surface area contributed by atoms with Gasteiger partial charge in [-0.2, -0.15) is 10.2 Å². The highest BCUT2D eigenvalue weighted by Crippen LogP contribution is 2.33. The van der Waals surface area contributed by atoms with E-state index < -0.39 is 0 Å². The smallest absolute Gasteiger partial charge is 0.163 e. The van der Waals surface area contributed by atoms with Crippen molar-refractivity contribution in [3.63, 3.8) is 0 Å². The van der Waals surface area contributed by atoms with E-state index in [1.165, 1.54) is 6.33 Å². The number of nitrogens with one attached hydrogen (secondary N) is 1. The molecule has 7 heteroatoms. The molecule has 0 fully saturated rings. The molecule has 0 unspecified atom stereocenters. The monoisotopic (exact) mass is 257 g/mol. The highest BCUT2D eigenvalue weighted by atomic mass is 15.3. The Morgan fingerprint density at radius 3 is 2.89 bits per heavy atom. The van der Waals surface area contributed by atoms with Crippen LogP contribution in [0.2, 0.25) is 0 Å². The van der Waals surface area contributed by atoms with Crippen LogP contribution < -0.4 is 5.73 Å². The Hall–Kier alpha value is -2.44. The highest BCUT2D eigenvalue weighted by molar-refractivity contribution is 5.99. The first-order valence-electron chi connectivity index (χ1n) is 6.10. The zero-order valence-electron chi connectivity index (χ0n) is 11.1. The van der Waals surface area contributed by atoms with Crippen molar-refractivity contribution in [2.24, 2.45) is 7.05 Å². The van der Waals surface area contributed by atoms with Gasteiger partial charge < -0.3 is 5.73 Å². The zero-order valence-corrected chi connectivity index (χ0v) is 11.1. The molecule has 0 radical (unpaired) electrons. The summed E-state index contributed by atoms with van der Waals surface area (Å²) in [5, 5.41) is 12.6. The fourth-order valence-corrected chi connectivity index (χ4v) is 2.33. The first-order chi connectivity index (χ1) is 9.13. The molecule has 19 heavy (non-hydrogen) atoms. The van der Waals surface area contributed by atoms with E-state index in [2.05, 4.69) is 32.2 Å². The summed E-state index contributed by atoms with van der Waals surface area (Å²) >= 11 is 0. The Labute approximate surface area is 109 Å². The van der Waals surface area contributed by atoms with Gasteiger partial charge in [0.25, 0.3) is 0 Å². The second-order valence-corrected chi connectivity index (χ2v) is 4.45. The Morgan fingerprint density at radius 1 is 1.37 bits per heavy atom. The number of nitrogens with zero attached hydrogens (tertiary/aromatic N) is 5. The summed E-state index contributed by atoms with van der Waals surface area (Å²) in [7, 11) is 1.85. The standard InChI is InChI=1S/C12H15N7/c1-4-7-8(6(2)16-17-7)10-9-11(13)14-5-15-12(9)19(3)18-10/h5H,4H2,1-3H3,(H,16,17)(H2,13,14,15). The molecule has 0 aliphatic carbocycles. The second-order valence-electron chi connectivity index (χ2n) is 4.45. The van der Waals surface area contributed by atoms with Crippen LogP contribution in [-0.2, 0) is 13.5 Å². The lowest BCUT2D eigenvalue weighted by molar-refractivity contribution is 0.788. The predicted octanol–water partition coefficient (Wildman–Crippen LogP) is 1.21. The number of aryl methyl sites for hydroxylation is 3. The van der Waals surface area contributed by atoms with E-state index in [0.717, 1.165) is 40.1 Å². The maximum Gasteiger partial charge on any atom is 0.163 e. The van der Waals surface area contributed by atoms with Crippen molar-refractivity contribution in [3.8, 4) is 11.3 Å². The normalized spacial score (nSPS) is 11.3. The van der Waals surface area contributed by atoms with Gasteiger partial charge in [0.15, 0.2) is 5.65 Å². The summed E-state index contributed by atoms with van der Waals surface area (Å²) in [6.07, 6.45) is 2.28. The number of nitrogens with two attached hydrogens (primary N) is 1. The molecule has 3 rings (SSSR count). The van der Waals surface area contributed by atoms with E-state index in [9.17, 15) is 0 Å². The van der Waals surface area contributed by atoms with Gasteiger partial charge in [0.05, 0.1) is 11.1 Å². The van der Waals surface area contributed by atoms with Crippen molar-refractivity contribution in [1.82, 2.24) is 29.9 Å². The van der Waals surface area contributed by atoms with Gasteiger partial charge in [-0.15, -0.1) is 0 Å². The summed E-state index contributed by atoms with van der Waals surface area (Å²) in [4.78, 5) is 8.30. The van der Waals surface area contributed by atoms with Crippen LogP contribution >= 0.6 is 0 Å². The van der Waals surface area contributed by atoms with Crippen LogP contribution in [0.1, 0.15) is 18.3 Å². The van der Waals surface area contributed by atoms with Crippen molar-refractivity contribution in [2.75, 3.05) is 5.73 Å². The molecule has 0 saturated heterocycles. The SMILES string of the molecule is CCc1n[nH]c(C)c1-c1nn(C)c2ncnc(N)c12. The average molecular weight is 257 g/mol. The van der Waals surface area contributed by atoms with E-state index >= 15 is 0 Å². The van der Waals surface area contributed by atoms with Gasteiger partial charge >= 0.3 is 0 Å². The summed E-state index contributed by atoms with van der Waals surface area (Å²) in [6, 6.07) is 0. The quantitative estimate of drug-likeness (QED) is 0.719. The third-order valence-electron chi connectivity index (χ3n) is 3.24. The molecule has 98 valence electrons. The molecule has 0 aliphatic rings. The van der Waals surface area contributed by atoms with Gasteiger partial charge in [-0.1, -0.05) is 6.92 Å². The molecule has 3 aromatic heterocycles. The third-order valence-corrected chi connectivity index (χ3v) is 3.24. The minimum absolute atomic E-state index is 0.441. The fourth-order valence-electron chi connectivity index (χ4n) is 2.33. The van der Waals surface area contributed by atoms with Gasteiger partial charge in [0.2, 0.25) is 0 Å². The van der Waals surface area contributed by atoms with E-state index in [1.54, 1.807) is 4.68 Å². The topological polar surface area (TPSA) is 98.3 Å². The van der Waals surface area contributed by atoms with Gasteiger partial charge in [-0.25, -0.2) is 14.6 Å². The Morgan fingerprint density at radius 2 is 2.16 bits per heavy atom. The molecule has 3 aromatic rings. The Bertz CT molecular complexity index is 753. The molecular weight excluding hydrogens is 242 g/mol. The average Bonchev–Trinajstić information content (AvgIpc) is 2.91. The van der Waals surface area contributed by atoms with Crippen LogP contribution in [0.25, 0.3) is 22.3 Å². The molecule has 3 N–H and O–H groups in total. The van der Waals surface area contributed by atoms with Crippen molar-refractivity contribution in [2.45, 2.75) is 20.3 Å². The van der Waals surface area contributed by atoms with Gasteiger partial charge in [0, 0.05) is 18.3 Å². The number of H-pyrrole nitrogens is 1. The van der Waals surface area contributed by atoms with E-state index in [4.69, 9.17) is 5.73 Å². The lowest BCUT2D eigenvalue weighted by Gasteiger charge is -2.00. The number of anilines is 1. The summed E-state index contributed by atoms with van der Waals surface area (Å²) in [5.74, 6) is 0.441. The van der Waals surface area contributed by atoms with Crippen LogP contribution in [0.5, 0.6) is 0 Å². The zero-order chi connectivity index (χ0) is 13.6. The van der Waals surface area contributed by atoms with Crippen LogP contribution in [0.3, 0.4) is 0 Å². The molecule has 0 atom stereocenters. The predicted molar refractivity (Wildman–Crippen MR) is 72.4 cm³/mol. The van der Waals surface area contributed by atoms with E-state index in [0.29, 0.717) is 5.82 Å². The number of rotatable bonds is 2. The maximum absolute atomic E-state index is 5.98. The Kier molecular flexibility index (Phi) is 2.48. The van der Waals surface area contributed by atoms with Crippen LogP contribution in [0, 0.1) is 6.92 Å². The van der Waals surface area contributed by atoms with Crippen molar-refractivity contribution < 1.29 is 0 Å². The molecule has 3 heterocycles. The summed E-state index contributed by atoms with van der Waals surface area (Å²) in [6.45, 7) is 4.03. The summed E-state index contributed by atoms with van der Waals surface area (Å²) in [5.41, 5.74) is 10.4. The molecule has 0 amide bonds. The second kappa shape index (κ2) is 4.04. The van der Waals surface area contributed by atoms with E-state index in [-0.39, 0.29) is 0 Å². The number of hydrogen-bond donors (Lipinski definition) is 2. The lowest BCUT2D eigenvalue weighted by Crippen LogP contribution is -1.95. The first kappa shape index (κ1) is 11.6. The van der Waals surface area contributed by atoms with Crippen LogP contribution in [-0.4, -0.2) is 29.9 Å². The molecule has 7 nitrogen and oxygen atoms in total. The van der Waals surface area contributed by atoms with Gasteiger partial charge in [-0.05, 0) is 13.3 Å². The molecule has 0 saturated carbocycles. The number of fused-ring (bicyclic) bond motifs is 1. The largest absolute Gasteiger partial charge is 0.383 e. The highest BCUT2D eigenvalue weighted by Gasteiger charge is 2.20. The number of aromatic amines is 1. The number of nitrogen functional groups attached to an aromatic ring is 1. The molecule has 0 aromatic carbocycles. The third kappa shape index (κ3) is 1.58. The number of hydrogen-bond acceptors (Lipinski definition) is 5. The fraction of sp³-hybridized carbons (Fsp3) is 0.333. The van der Waals surface area contributed by atoms with Crippen LogP contribution in [0.4, 0.5) is 5.82 Å². The molecular formula is C12H15N7. The first-order valence-corrected chi connectivity index (χ1v) is 6.10. The van der Waals surface area contributed by atoms with Crippen LogP contribution in [0.15, 0.2) is 6.33 Å². The number of aromatic nitrogens is 6. The molecule has 0 spiro atoms. The Balaban J connectivity index is 2.40. The maximum atomic E-state index is 5.98. The van der Waals surface area contributed by atoms with Crippen molar-refractivity contribution in [1.29, 1.82) is 0 Å². The minimum Gasteiger partial charge on any atom is -0.383 e. The molecule has 0 aliphatic heterocycles. The summed E-state index contributed by atoms with van der Waals surface area (Å²) < 4.78 is 1.72. The van der Waals surface area contributed by atoms with Crippen molar-refractivity contribution >= 4 is 16.9 Å². The minimum atomic E-state index is 0.441. The van der Waals surface area contributed by atoms with Gasteiger partial charge in [-0.3, -0.25) is 5.10 Å². The van der Waals surface area contributed by atoms with E-state index in [1.807, 2.05) is 14.0 Å². The molecule has 0 bridgehead atoms. The van der Waals surface area contributed by atoms with Crippen molar-refractivity contribution in [3.05, 3.63) is 17.7 Å². The lowest BCUT2D eigenvalue weighted by atomic mass is 10.1. The van der Waals surface area contributed by atoms with Gasteiger partial charge in [0.1, 0.15) is 17.8 Å².